The topological polar surface area (TPSA) is 89.6 Å². The largest absolute Gasteiger partial charge is 0.448 e. The third-order valence-electron chi connectivity index (χ3n) is 5.30. The molecule has 2 aromatic carbocycles. The Morgan fingerprint density at radius 1 is 1.13 bits per heavy atom. The van der Waals surface area contributed by atoms with Gasteiger partial charge in [0.2, 0.25) is 0 Å². The number of hydrogen-bond acceptors (Lipinski definition) is 6. The Morgan fingerprint density at radius 2 is 1.87 bits per heavy atom. The molecule has 1 aliphatic rings. The van der Waals surface area contributed by atoms with Crippen molar-refractivity contribution in [3.8, 4) is 6.07 Å². The van der Waals surface area contributed by atoms with Gasteiger partial charge in [-0.25, -0.2) is 0 Å². The van der Waals surface area contributed by atoms with Gasteiger partial charge in [0, 0.05) is 37.9 Å². The molecule has 0 aliphatic carbocycles. The normalized spacial score (nSPS) is 14.5. The Hall–Kier alpha value is -3.63. The van der Waals surface area contributed by atoms with Crippen LogP contribution in [0.3, 0.4) is 0 Å². The van der Waals surface area contributed by atoms with Crippen molar-refractivity contribution in [2.45, 2.75) is 6.42 Å². The number of benzene rings is 2. The van der Waals surface area contributed by atoms with Gasteiger partial charge in [0.25, 0.3) is 5.91 Å². The molecule has 7 heteroatoms. The number of anilines is 2. The number of nitriles is 1. The Morgan fingerprint density at radius 3 is 2.57 bits per heavy atom. The van der Waals surface area contributed by atoms with Crippen LogP contribution in [0, 0.1) is 11.3 Å². The minimum Gasteiger partial charge on any atom is -0.448 e. The van der Waals surface area contributed by atoms with E-state index in [9.17, 15) is 9.59 Å². The van der Waals surface area contributed by atoms with Gasteiger partial charge in [-0.15, -0.1) is 0 Å². The molecule has 1 aromatic heterocycles. The number of para-hydroxylation sites is 1. The van der Waals surface area contributed by atoms with Gasteiger partial charge in [-0.05, 0) is 36.9 Å². The summed E-state index contributed by atoms with van der Waals surface area (Å²) in [6, 6.07) is 15.8. The number of fused-ring (bicyclic) bond motifs is 1. The smallest absolute Gasteiger partial charge is 0.291 e. The molecule has 152 valence electrons. The molecule has 1 N–H and O–H groups in total. The lowest BCUT2D eigenvalue weighted by Gasteiger charge is -2.34. The molecule has 1 saturated heterocycles. The number of rotatable bonds is 4. The number of carbonyl (C=O) groups is 1. The average molecular weight is 402 g/mol. The van der Waals surface area contributed by atoms with E-state index in [-0.39, 0.29) is 11.2 Å². The van der Waals surface area contributed by atoms with Crippen molar-refractivity contribution >= 4 is 28.3 Å². The van der Waals surface area contributed by atoms with Gasteiger partial charge < -0.3 is 19.5 Å². The molecule has 2 heterocycles. The summed E-state index contributed by atoms with van der Waals surface area (Å²) >= 11 is 0. The Labute approximate surface area is 174 Å². The van der Waals surface area contributed by atoms with Crippen LogP contribution in [-0.2, 0) is 6.42 Å². The van der Waals surface area contributed by atoms with Gasteiger partial charge in [0.15, 0.2) is 16.8 Å². The van der Waals surface area contributed by atoms with E-state index in [1.54, 1.807) is 30.3 Å². The first kappa shape index (κ1) is 19.7. The first-order valence-corrected chi connectivity index (χ1v) is 9.83. The van der Waals surface area contributed by atoms with Crippen LogP contribution in [0.25, 0.3) is 11.0 Å². The molecule has 0 saturated carbocycles. The first-order chi connectivity index (χ1) is 14.5. The molecule has 7 nitrogen and oxygen atoms in total. The van der Waals surface area contributed by atoms with Crippen LogP contribution in [0.2, 0.25) is 0 Å². The van der Waals surface area contributed by atoms with Crippen molar-refractivity contribution in [2.75, 3.05) is 43.4 Å². The predicted octanol–water partition coefficient (Wildman–Crippen LogP) is 2.86. The number of amides is 1. The molecule has 1 fully saturated rings. The zero-order chi connectivity index (χ0) is 21.1. The van der Waals surface area contributed by atoms with Gasteiger partial charge in [-0.2, -0.15) is 5.26 Å². The number of piperazine rings is 1. The Kier molecular flexibility index (Phi) is 5.50. The van der Waals surface area contributed by atoms with E-state index in [1.807, 2.05) is 12.1 Å². The summed E-state index contributed by atoms with van der Waals surface area (Å²) in [5, 5.41) is 12.0. The van der Waals surface area contributed by atoms with Crippen LogP contribution in [0.4, 0.5) is 11.4 Å². The van der Waals surface area contributed by atoms with E-state index < -0.39 is 5.91 Å². The molecule has 0 spiro atoms. The average Bonchev–Trinajstić information content (AvgIpc) is 2.75. The maximum absolute atomic E-state index is 12.7. The first-order valence-electron chi connectivity index (χ1n) is 9.83. The third-order valence-corrected chi connectivity index (χ3v) is 5.30. The second-order valence-electron chi connectivity index (χ2n) is 7.40. The van der Waals surface area contributed by atoms with E-state index in [0.29, 0.717) is 23.1 Å². The monoisotopic (exact) mass is 402 g/mol. The standard InChI is InChI=1S/C23H22N4O3/c1-26-11-13-27(14-12-26)19-4-2-3-18-20(28)15-21(30-22(18)19)23(29)25-17-7-5-16(6-8-17)9-10-24/h2-8,15H,9,11-14H2,1H3,(H,25,29). The molecule has 1 aliphatic heterocycles. The number of nitrogens with one attached hydrogen (secondary N) is 1. The lowest BCUT2D eigenvalue weighted by molar-refractivity contribution is 0.0997. The van der Waals surface area contributed by atoms with Gasteiger partial charge in [-0.3, -0.25) is 9.59 Å². The van der Waals surface area contributed by atoms with Crippen molar-refractivity contribution in [1.82, 2.24) is 4.90 Å². The summed E-state index contributed by atoms with van der Waals surface area (Å²) in [6.45, 7) is 3.49. The zero-order valence-electron chi connectivity index (χ0n) is 16.7. The minimum absolute atomic E-state index is 0.0322. The summed E-state index contributed by atoms with van der Waals surface area (Å²) in [5.41, 5.74) is 2.44. The Bertz CT molecular complexity index is 1170. The highest BCUT2D eigenvalue weighted by Gasteiger charge is 2.20. The summed E-state index contributed by atoms with van der Waals surface area (Å²) < 4.78 is 5.94. The van der Waals surface area contributed by atoms with Gasteiger partial charge in [0.1, 0.15) is 0 Å². The van der Waals surface area contributed by atoms with Crippen LogP contribution in [0.1, 0.15) is 16.1 Å². The molecule has 1 amide bonds. The lowest BCUT2D eigenvalue weighted by atomic mass is 10.1. The maximum atomic E-state index is 12.7. The molecular weight excluding hydrogens is 380 g/mol. The molecule has 30 heavy (non-hydrogen) atoms. The predicted molar refractivity (Wildman–Crippen MR) is 116 cm³/mol. The van der Waals surface area contributed by atoms with Crippen LogP contribution < -0.4 is 15.6 Å². The summed E-state index contributed by atoms with van der Waals surface area (Å²) in [5.74, 6) is -0.523. The van der Waals surface area contributed by atoms with Crippen molar-refractivity contribution in [2.24, 2.45) is 0 Å². The molecule has 3 aromatic rings. The van der Waals surface area contributed by atoms with Gasteiger partial charge in [0.05, 0.1) is 23.6 Å². The van der Waals surface area contributed by atoms with E-state index in [1.165, 1.54) is 6.07 Å². The number of carbonyl (C=O) groups excluding carboxylic acids is 1. The van der Waals surface area contributed by atoms with E-state index in [4.69, 9.17) is 9.68 Å². The Balaban J connectivity index is 1.64. The molecule has 0 radical (unpaired) electrons. The van der Waals surface area contributed by atoms with Crippen LogP contribution in [-0.4, -0.2) is 44.0 Å². The molecule has 4 rings (SSSR count). The highest BCUT2D eigenvalue weighted by atomic mass is 16.3. The summed E-state index contributed by atoms with van der Waals surface area (Å²) in [7, 11) is 2.08. The summed E-state index contributed by atoms with van der Waals surface area (Å²) in [4.78, 5) is 29.8. The lowest BCUT2D eigenvalue weighted by Crippen LogP contribution is -2.44. The minimum atomic E-state index is -0.491. The van der Waals surface area contributed by atoms with Gasteiger partial charge >= 0.3 is 0 Å². The van der Waals surface area contributed by atoms with Crippen molar-refractivity contribution < 1.29 is 9.21 Å². The molecular formula is C23H22N4O3. The zero-order valence-corrected chi connectivity index (χ0v) is 16.7. The molecule has 0 unspecified atom stereocenters. The number of hydrogen-bond donors (Lipinski definition) is 1. The molecule has 0 bridgehead atoms. The quantitative estimate of drug-likeness (QED) is 0.722. The van der Waals surface area contributed by atoms with Crippen LogP contribution in [0.5, 0.6) is 0 Å². The number of nitrogens with zero attached hydrogens (tertiary/aromatic N) is 3. The number of likely N-dealkylation sites (N-methyl/N-ethyl adjacent to an activating group) is 1. The molecule has 0 atom stereocenters. The van der Waals surface area contributed by atoms with E-state index >= 15 is 0 Å². The van der Waals surface area contributed by atoms with Crippen LogP contribution >= 0.6 is 0 Å². The third kappa shape index (κ3) is 4.04. The van der Waals surface area contributed by atoms with E-state index in [0.717, 1.165) is 37.4 Å². The highest BCUT2D eigenvalue weighted by Crippen LogP contribution is 2.27. The van der Waals surface area contributed by atoms with Crippen LogP contribution in [0.15, 0.2) is 57.7 Å². The second kappa shape index (κ2) is 8.39. The van der Waals surface area contributed by atoms with E-state index in [2.05, 4.69) is 28.2 Å². The van der Waals surface area contributed by atoms with Crippen molar-refractivity contribution in [3.05, 3.63) is 70.1 Å². The fourth-order valence-electron chi connectivity index (χ4n) is 3.56. The fourth-order valence-corrected chi connectivity index (χ4v) is 3.56. The highest BCUT2D eigenvalue weighted by molar-refractivity contribution is 6.03. The summed E-state index contributed by atoms with van der Waals surface area (Å²) in [6.07, 6.45) is 0.308. The SMILES string of the molecule is CN1CCN(c2cccc3c(=O)cc(C(=O)Nc4ccc(CC#N)cc4)oc23)CC1. The maximum Gasteiger partial charge on any atom is 0.291 e. The second-order valence-corrected chi connectivity index (χ2v) is 7.40. The van der Waals surface area contributed by atoms with Crippen molar-refractivity contribution in [1.29, 1.82) is 5.26 Å². The van der Waals surface area contributed by atoms with Crippen molar-refractivity contribution in [3.63, 3.8) is 0 Å². The fraction of sp³-hybridized carbons (Fsp3) is 0.261. The van der Waals surface area contributed by atoms with Gasteiger partial charge in [-0.1, -0.05) is 18.2 Å².